The van der Waals surface area contributed by atoms with E-state index in [0.717, 1.165) is 26.4 Å². The lowest BCUT2D eigenvalue weighted by Gasteiger charge is -2.07. The molecule has 0 fully saturated rings. The predicted molar refractivity (Wildman–Crippen MR) is 172 cm³/mol. The number of hydrogen-bond acceptors (Lipinski definition) is 5. The van der Waals surface area contributed by atoms with Crippen LogP contribution in [0.15, 0.2) is 104 Å². The number of oxazole rings is 1. The Morgan fingerprint density at radius 3 is 2.51 bits per heavy atom. The van der Waals surface area contributed by atoms with Gasteiger partial charge in [0.1, 0.15) is 17.0 Å². The Bertz CT molecular complexity index is 1980. The van der Waals surface area contributed by atoms with Gasteiger partial charge in [0.15, 0.2) is 10.7 Å². The van der Waals surface area contributed by atoms with Crippen LogP contribution in [-0.4, -0.2) is 16.0 Å². The second-order valence-electron chi connectivity index (χ2n) is 8.98. The van der Waals surface area contributed by atoms with Crippen LogP contribution in [0.1, 0.15) is 5.76 Å². The van der Waals surface area contributed by atoms with E-state index in [4.69, 9.17) is 49.2 Å². The Kier molecular flexibility index (Phi) is 7.64. The third kappa shape index (κ3) is 6.06. The van der Waals surface area contributed by atoms with E-state index in [9.17, 15) is 4.79 Å². The molecule has 1 amide bonds. The Morgan fingerprint density at radius 1 is 0.902 bits per heavy atom. The summed E-state index contributed by atoms with van der Waals surface area (Å²) in [6, 6.07) is 26.1. The molecule has 41 heavy (non-hydrogen) atoms. The lowest BCUT2D eigenvalue weighted by molar-refractivity contribution is -0.115. The van der Waals surface area contributed by atoms with Crippen molar-refractivity contribution in [1.82, 2.24) is 10.3 Å². The molecule has 0 aliphatic carbocycles. The van der Waals surface area contributed by atoms with Crippen molar-refractivity contribution in [3.63, 3.8) is 0 Å². The van der Waals surface area contributed by atoms with E-state index in [0.29, 0.717) is 44.2 Å². The minimum Gasteiger partial charge on any atom is -0.457 e. The molecule has 6 nitrogen and oxygen atoms in total. The second kappa shape index (κ2) is 11.5. The maximum atomic E-state index is 12.5. The molecule has 202 valence electrons. The third-order valence-electron chi connectivity index (χ3n) is 6.15. The predicted octanol–water partition coefficient (Wildman–Crippen LogP) is 9.50. The van der Waals surface area contributed by atoms with Crippen LogP contribution in [0.25, 0.3) is 50.7 Å². The highest BCUT2D eigenvalue weighted by Gasteiger charge is 2.13. The van der Waals surface area contributed by atoms with Gasteiger partial charge in [-0.2, -0.15) is 0 Å². The summed E-state index contributed by atoms with van der Waals surface area (Å²) in [5.41, 5.74) is 3.57. The van der Waals surface area contributed by atoms with Crippen LogP contribution >= 0.6 is 51.3 Å². The number of benzene rings is 4. The number of carbonyl (C=O) groups is 1. The Hall–Kier alpha value is -3.95. The van der Waals surface area contributed by atoms with Crippen LogP contribution in [0.2, 0.25) is 10.0 Å². The number of fused-ring (bicyclic) bond motifs is 2. The molecule has 2 N–H and O–H groups in total. The molecule has 0 aliphatic heterocycles. The number of carbonyl (C=O) groups excluding carboxylic acids is 1. The molecule has 0 atom stereocenters. The number of anilines is 1. The first-order chi connectivity index (χ1) is 19.8. The number of furan rings is 1. The maximum Gasteiger partial charge on any atom is 0.250 e. The zero-order chi connectivity index (χ0) is 28.5. The first-order valence-electron chi connectivity index (χ1n) is 12.3. The average molecular weight is 663 g/mol. The zero-order valence-electron chi connectivity index (χ0n) is 21.0. The minimum absolute atomic E-state index is 0.135. The Labute approximate surface area is 258 Å². The highest BCUT2D eigenvalue weighted by Crippen LogP contribution is 2.34. The van der Waals surface area contributed by atoms with Crippen LogP contribution < -0.4 is 10.6 Å². The first kappa shape index (κ1) is 27.2. The number of amides is 1. The van der Waals surface area contributed by atoms with E-state index in [1.807, 2.05) is 42.5 Å². The number of nitrogens with one attached hydrogen (secondary N) is 2. The van der Waals surface area contributed by atoms with Crippen molar-refractivity contribution in [2.24, 2.45) is 0 Å². The van der Waals surface area contributed by atoms with Crippen molar-refractivity contribution >= 4 is 96.0 Å². The standard InChI is InChI=1S/C31H18BrCl2N3O3S/c32-25-6-2-3-22-23(25)4-1-5-24(22)30-36-26-16-20(7-10-28(26)40-30)35-31(41)37-29(38)12-9-21-8-11-27(39-21)17-13-18(33)15-19(34)14-17/h1-16H,(H2,35,37,38,41)/b12-9+. The van der Waals surface area contributed by atoms with Crippen LogP contribution in [0.5, 0.6) is 0 Å². The van der Waals surface area contributed by atoms with E-state index in [2.05, 4.69) is 26.6 Å². The number of aromatic nitrogens is 1. The topological polar surface area (TPSA) is 80.3 Å². The molecule has 0 radical (unpaired) electrons. The molecule has 6 aromatic rings. The highest BCUT2D eigenvalue weighted by molar-refractivity contribution is 9.10. The van der Waals surface area contributed by atoms with Crippen LogP contribution in [0.4, 0.5) is 5.69 Å². The van der Waals surface area contributed by atoms with Crippen molar-refractivity contribution < 1.29 is 13.6 Å². The fourth-order valence-corrected chi connectivity index (χ4v) is 5.59. The van der Waals surface area contributed by atoms with Gasteiger partial charge in [0.05, 0.1) is 0 Å². The molecule has 0 spiro atoms. The molecule has 6 rings (SSSR count). The normalized spacial score (nSPS) is 11.4. The molecule has 10 heteroatoms. The molecule has 0 bridgehead atoms. The van der Waals surface area contributed by atoms with Gasteiger partial charge in [0, 0.05) is 37.4 Å². The van der Waals surface area contributed by atoms with E-state index >= 15 is 0 Å². The smallest absolute Gasteiger partial charge is 0.250 e. The number of hydrogen-bond donors (Lipinski definition) is 2. The summed E-state index contributed by atoms with van der Waals surface area (Å²) in [5, 5.41) is 8.88. The summed E-state index contributed by atoms with van der Waals surface area (Å²) in [6.07, 6.45) is 2.87. The summed E-state index contributed by atoms with van der Waals surface area (Å²) < 4.78 is 12.8. The van der Waals surface area contributed by atoms with Gasteiger partial charge in [-0.15, -0.1) is 0 Å². The Morgan fingerprint density at radius 2 is 1.68 bits per heavy atom. The van der Waals surface area contributed by atoms with E-state index in [1.165, 1.54) is 6.08 Å². The number of rotatable bonds is 5. The fraction of sp³-hybridized carbons (Fsp3) is 0. The van der Waals surface area contributed by atoms with Gasteiger partial charge in [0.2, 0.25) is 11.8 Å². The highest BCUT2D eigenvalue weighted by atomic mass is 79.9. The summed E-state index contributed by atoms with van der Waals surface area (Å²) in [7, 11) is 0. The van der Waals surface area contributed by atoms with Crippen molar-refractivity contribution in [2.75, 3.05) is 5.32 Å². The third-order valence-corrected chi connectivity index (χ3v) is 7.49. The van der Waals surface area contributed by atoms with E-state index < -0.39 is 5.91 Å². The van der Waals surface area contributed by atoms with Crippen molar-refractivity contribution in [1.29, 1.82) is 0 Å². The van der Waals surface area contributed by atoms with Crippen LogP contribution in [0.3, 0.4) is 0 Å². The molecule has 0 saturated heterocycles. The molecular weight excluding hydrogens is 645 g/mol. The number of halogens is 3. The van der Waals surface area contributed by atoms with Gasteiger partial charge < -0.3 is 14.2 Å². The molecular formula is C31H18BrCl2N3O3S. The number of thiocarbonyl (C=S) groups is 1. The monoisotopic (exact) mass is 661 g/mol. The molecule has 0 saturated carbocycles. The van der Waals surface area contributed by atoms with Crippen molar-refractivity contribution in [3.8, 4) is 22.8 Å². The van der Waals surface area contributed by atoms with Gasteiger partial charge in [-0.1, -0.05) is 63.4 Å². The largest absolute Gasteiger partial charge is 0.457 e. The minimum atomic E-state index is -0.418. The maximum absolute atomic E-state index is 12.5. The second-order valence-corrected chi connectivity index (χ2v) is 11.1. The summed E-state index contributed by atoms with van der Waals surface area (Å²) >= 11 is 21.1. The fourth-order valence-electron chi connectivity index (χ4n) is 4.35. The van der Waals surface area contributed by atoms with Crippen molar-refractivity contribution in [2.45, 2.75) is 0 Å². The van der Waals surface area contributed by atoms with Crippen molar-refractivity contribution in [3.05, 3.63) is 111 Å². The van der Waals surface area contributed by atoms with Crippen LogP contribution in [-0.2, 0) is 4.79 Å². The zero-order valence-corrected chi connectivity index (χ0v) is 24.9. The molecule has 2 aromatic heterocycles. The van der Waals surface area contributed by atoms with Gasteiger partial charge >= 0.3 is 0 Å². The lowest BCUT2D eigenvalue weighted by atomic mass is 10.0. The molecule has 0 aliphatic rings. The SMILES string of the molecule is O=C(/C=C/c1ccc(-c2cc(Cl)cc(Cl)c2)o1)NC(=S)Nc1ccc2oc(-c3cccc4c(Br)cccc34)nc2c1. The van der Waals surface area contributed by atoms with Gasteiger partial charge in [-0.05, 0) is 89.7 Å². The summed E-state index contributed by atoms with van der Waals surface area (Å²) in [4.78, 5) is 17.2. The van der Waals surface area contributed by atoms with Gasteiger partial charge in [-0.3, -0.25) is 10.1 Å². The van der Waals surface area contributed by atoms with E-state index in [-0.39, 0.29) is 5.11 Å². The van der Waals surface area contributed by atoms with Gasteiger partial charge in [-0.25, -0.2) is 4.98 Å². The van der Waals surface area contributed by atoms with Gasteiger partial charge in [0.25, 0.3) is 0 Å². The van der Waals surface area contributed by atoms with Crippen LogP contribution in [0, 0.1) is 0 Å². The summed E-state index contributed by atoms with van der Waals surface area (Å²) in [6.45, 7) is 0. The average Bonchev–Trinajstić information content (AvgIpc) is 3.58. The lowest BCUT2D eigenvalue weighted by Crippen LogP contribution is -2.32. The molecule has 4 aromatic carbocycles. The van der Waals surface area contributed by atoms with E-state index in [1.54, 1.807) is 48.5 Å². The number of nitrogens with zero attached hydrogens (tertiary/aromatic N) is 1. The molecule has 0 unspecified atom stereocenters. The quantitative estimate of drug-likeness (QED) is 0.141. The Balaban J connectivity index is 1.12. The summed E-state index contributed by atoms with van der Waals surface area (Å²) in [5.74, 6) is 1.15. The molecule has 2 heterocycles. The first-order valence-corrected chi connectivity index (χ1v) is 14.2.